The van der Waals surface area contributed by atoms with Crippen molar-refractivity contribution >= 4 is 21.7 Å². The molecule has 0 aliphatic carbocycles. The SMILES string of the molecule is CCCNc1nc(C(C)(CC)OCC)nc(CC)c1Br. The van der Waals surface area contributed by atoms with Gasteiger partial charge < -0.3 is 10.1 Å². The van der Waals surface area contributed by atoms with Gasteiger partial charge in [0.2, 0.25) is 0 Å². The number of hydrogen-bond acceptors (Lipinski definition) is 4. The summed E-state index contributed by atoms with van der Waals surface area (Å²) in [6, 6.07) is 0. The molecular weight excluding hydrogens is 318 g/mol. The van der Waals surface area contributed by atoms with Crippen molar-refractivity contribution in [2.24, 2.45) is 0 Å². The van der Waals surface area contributed by atoms with Gasteiger partial charge in [-0.15, -0.1) is 0 Å². The molecule has 4 nitrogen and oxygen atoms in total. The van der Waals surface area contributed by atoms with Crippen LogP contribution < -0.4 is 5.32 Å². The van der Waals surface area contributed by atoms with Crippen LogP contribution in [-0.2, 0) is 16.8 Å². The van der Waals surface area contributed by atoms with E-state index in [2.05, 4.69) is 53.9 Å². The first-order valence-electron chi connectivity index (χ1n) is 7.47. The Bertz CT molecular complexity index is 439. The van der Waals surface area contributed by atoms with Crippen molar-refractivity contribution in [2.45, 2.75) is 59.5 Å². The predicted octanol–water partition coefficient (Wildman–Crippen LogP) is 4.29. The van der Waals surface area contributed by atoms with E-state index in [0.29, 0.717) is 6.61 Å². The minimum atomic E-state index is -0.429. The average Bonchev–Trinajstić information content (AvgIpc) is 2.46. The van der Waals surface area contributed by atoms with E-state index in [1.165, 1.54) is 0 Å². The third kappa shape index (κ3) is 3.92. The number of ether oxygens (including phenoxy) is 1. The van der Waals surface area contributed by atoms with Gasteiger partial charge in [-0.25, -0.2) is 9.97 Å². The Kier molecular flexibility index (Phi) is 6.89. The highest BCUT2D eigenvalue weighted by Gasteiger charge is 2.30. The first-order valence-corrected chi connectivity index (χ1v) is 8.26. The molecular formula is C15H26BrN3O. The fourth-order valence-corrected chi connectivity index (χ4v) is 2.57. The maximum Gasteiger partial charge on any atom is 0.162 e. The van der Waals surface area contributed by atoms with Crippen molar-refractivity contribution in [3.63, 3.8) is 0 Å². The topological polar surface area (TPSA) is 47.0 Å². The summed E-state index contributed by atoms with van der Waals surface area (Å²) in [5, 5.41) is 3.36. The zero-order valence-corrected chi connectivity index (χ0v) is 14.8. The van der Waals surface area contributed by atoms with Crippen molar-refractivity contribution in [3.8, 4) is 0 Å². The Hall–Kier alpha value is -0.680. The average molecular weight is 344 g/mol. The number of aromatic nitrogens is 2. The molecule has 0 bridgehead atoms. The Labute approximate surface area is 130 Å². The second-order valence-electron chi connectivity index (χ2n) is 4.95. The predicted molar refractivity (Wildman–Crippen MR) is 87.2 cm³/mol. The number of nitrogens with zero attached hydrogens (tertiary/aromatic N) is 2. The monoisotopic (exact) mass is 343 g/mol. The summed E-state index contributed by atoms with van der Waals surface area (Å²) in [5.74, 6) is 1.63. The molecule has 1 unspecified atom stereocenters. The molecule has 1 aromatic rings. The molecule has 1 aromatic heterocycles. The molecule has 0 saturated carbocycles. The minimum absolute atomic E-state index is 0.429. The van der Waals surface area contributed by atoms with E-state index in [1.54, 1.807) is 0 Å². The van der Waals surface area contributed by atoms with Crippen LogP contribution >= 0.6 is 15.9 Å². The van der Waals surface area contributed by atoms with Crippen LogP contribution in [0.5, 0.6) is 0 Å². The normalized spacial score (nSPS) is 14.1. The Balaban J connectivity index is 3.25. The second kappa shape index (κ2) is 7.93. The molecule has 1 atom stereocenters. The highest BCUT2D eigenvalue weighted by Crippen LogP contribution is 2.31. The van der Waals surface area contributed by atoms with Crippen LogP contribution in [0.1, 0.15) is 59.0 Å². The Morgan fingerprint density at radius 2 is 1.90 bits per heavy atom. The summed E-state index contributed by atoms with van der Waals surface area (Å²) < 4.78 is 6.86. The van der Waals surface area contributed by atoms with Gasteiger partial charge in [0.25, 0.3) is 0 Å². The van der Waals surface area contributed by atoms with E-state index in [9.17, 15) is 0 Å². The molecule has 0 spiro atoms. The van der Waals surface area contributed by atoms with Gasteiger partial charge in [0.15, 0.2) is 5.82 Å². The van der Waals surface area contributed by atoms with Gasteiger partial charge in [0.05, 0.1) is 10.2 Å². The molecule has 0 aliphatic heterocycles. The third-order valence-corrected chi connectivity index (χ3v) is 4.24. The zero-order valence-electron chi connectivity index (χ0n) is 13.2. The molecule has 5 heteroatoms. The first kappa shape index (κ1) is 17.4. The van der Waals surface area contributed by atoms with E-state index in [4.69, 9.17) is 9.72 Å². The van der Waals surface area contributed by atoms with Gasteiger partial charge in [-0.2, -0.15) is 0 Å². The lowest BCUT2D eigenvalue weighted by Crippen LogP contribution is -2.29. The standard InChI is InChI=1S/C15H26BrN3O/c1-6-10-17-13-12(16)11(7-2)18-14(19-13)15(5,8-3)20-9-4/h6-10H2,1-5H3,(H,17,18,19). The maximum atomic E-state index is 5.90. The van der Waals surface area contributed by atoms with E-state index in [0.717, 1.165) is 47.6 Å². The summed E-state index contributed by atoms with van der Waals surface area (Å²) in [6.07, 6.45) is 2.77. The molecule has 1 heterocycles. The van der Waals surface area contributed by atoms with Gasteiger partial charge in [0.1, 0.15) is 11.4 Å². The summed E-state index contributed by atoms with van der Waals surface area (Å²) in [4.78, 5) is 9.38. The van der Waals surface area contributed by atoms with Crippen molar-refractivity contribution in [1.29, 1.82) is 0 Å². The highest BCUT2D eigenvalue weighted by atomic mass is 79.9. The largest absolute Gasteiger partial charge is 0.369 e. The number of aryl methyl sites for hydroxylation is 1. The summed E-state index contributed by atoms with van der Waals surface area (Å²) in [5.41, 5.74) is 0.593. The fraction of sp³-hybridized carbons (Fsp3) is 0.733. The number of rotatable bonds is 8. The lowest BCUT2D eigenvalue weighted by Gasteiger charge is -2.27. The van der Waals surface area contributed by atoms with Gasteiger partial charge in [0, 0.05) is 13.2 Å². The van der Waals surface area contributed by atoms with E-state index in [-0.39, 0.29) is 0 Å². The van der Waals surface area contributed by atoms with Crippen molar-refractivity contribution < 1.29 is 4.74 Å². The molecule has 0 fully saturated rings. The van der Waals surface area contributed by atoms with E-state index < -0.39 is 5.60 Å². The van der Waals surface area contributed by atoms with Gasteiger partial charge >= 0.3 is 0 Å². The van der Waals surface area contributed by atoms with Crippen LogP contribution in [0.4, 0.5) is 5.82 Å². The summed E-state index contributed by atoms with van der Waals surface area (Å²) >= 11 is 3.61. The molecule has 0 amide bonds. The van der Waals surface area contributed by atoms with Crippen LogP contribution in [0.25, 0.3) is 0 Å². The smallest absolute Gasteiger partial charge is 0.162 e. The van der Waals surface area contributed by atoms with Gasteiger partial charge in [-0.05, 0) is 49.0 Å². The Morgan fingerprint density at radius 3 is 2.40 bits per heavy atom. The van der Waals surface area contributed by atoms with Crippen LogP contribution in [0.2, 0.25) is 0 Å². The lowest BCUT2D eigenvalue weighted by atomic mass is 10.0. The van der Waals surface area contributed by atoms with Crippen molar-refractivity contribution in [2.75, 3.05) is 18.5 Å². The number of nitrogens with one attached hydrogen (secondary N) is 1. The third-order valence-electron chi connectivity index (χ3n) is 3.41. The quantitative estimate of drug-likeness (QED) is 0.764. The molecule has 20 heavy (non-hydrogen) atoms. The minimum Gasteiger partial charge on any atom is -0.369 e. The molecule has 0 saturated heterocycles. The molecule has 0 radical (unpaired) electrons. The number of halogens is 1. The fourth-order valence-electron chi connectivity index (χ4n) is 1.97. The van der Waals surface area contributed by atoms with Crippen LogP contribution in [0, 0.1) is 0 Å². The van der Waals surface area contributed by atoms with E-state index >= 15 is 0 Å². The highest BCUT2D eigenvalue weighted by molar-refractivity contribution is 9.10. The lowest BCUT2D eigenvalue weighted by molar-refractivity contribution is -0.0391. The van der Waals surface area contributed by atoms with Crippen molar-refractivity contribution in [3.05, 3.63) is 16.0 Å². The van der Waals surface area contributed by atoms with E-state index in [1.807, 2.05) is 6.92 Å². The maximum absolute atomic E-state index is 5.90. The van der Waals surface area contributed by atoms with Crippen LogP contribution in [-0.4, -0.2) is 23.1 Å². The molecule has 0 aliphatic rings. The molecule has 1 N–H and O–H groups in total. The second-order valence-corrected chi connectivity index (χ2v) is 5.75. The van der Waals surface area contributed by atoms with Gasteiger partial charge in [-0.1, -0.05) is 20.8 Å². The van der Waals surface area contributed by atoms with Crippen LogP contribution in [0.15, 0.2) is 4.47 Å². The van der Waals surface area contributed by atoms with Crippen molar-refractivity contribution in [1.82, 2.24) is 9.97 Å². The number of hydrogen-bond donors (Lipinski definition) is 1. The van der Waals surface area contributed by atoms with Crippen LogP contribution in [0.3, 0.4) is 0 Å². The summed E-state index contributed by atoms with van der Waals surface area (Å²) in [6.45, 7) is 12.0. The summed E-state index contributed by atoms with van der Waals surface area (Å²) in [7, 11) is 0. The first-order chi connectivity index (χ1) is 9.52. The molecule has 0 aromatic carbocycles. The number of anilines is 1. The molecule has 1 rings (SSSR count). The zero-order chi connectivity index (χ0) is 15.2. The Morgan fingerprint density at radius 1 is 1.20 bits per heavy atom. The van der Waals surface area contributed by atoms with Gasteiger partial charge in [-0.3, -0.25) is 0 Å². The molecule has 114 valence electrons.